The van der Waals surface area contributed by atoms with Crippen LogP contribution in [0.3, 0.4) is 0 Å². The molecule has 0 heterocycles. The van der Waals surface area contributed by atoms with Crippen molar-refractivity contribution in [1.29, 1.82) is 0 Å². The van der Waals surface area contributed by atoms with E-state index < -0.39 is 54.3 Å². The van der Waals surface area contributed by atoms with Crippen molar-refractivity contribution >= 4 is 23.8 Å². The minimum absolute atomic E-state index is 0.0342. The molecule has 0 aromatic heterocycles. The summed E-state index contributed by atoms with van der Waals surface area (Å²) in [6.45, 7) is 8.31. The molecule has 0 aliphatic rings. The molecule has 9 heteroatoms. The number of aliphatic hydroxyl groups is 1. The van der Waals surface area contributed by atoms with Crippen molar-refractivity contribution in [3.8, 4) is 0 Å². The van der Waals surface area contributed by atoms with Gasteiger partial charge in [-0.1, -0.05) is 72.8 Å². The highest BCUT2D eigenvalue weighted by Gasteiger charge is 2.30. The van der Waals surface area contributed by atoms with E-state index in [9.17, 15) is 24.3 Å². The maximum Gasteiger partial charge on any atom is 0.332 e. The molecule has 226 valence electrons. The zero-order chi connectivity index (χ0) is 30.7. The van der Waals surface area contributed by atoms with Gasteiger partial charge in [0, 0.05) is 12.5 Å². The Morgan fingerprint density at radius 1 is 0.857 bits per heavy atom. The summed E-state index contributed by atoms with van der Waals surface area (Å²) in [5.41, 5.74) is 1.72. The standard InChI is InChI=1S/C33H42N2O7/c1-4-6-18-28(19-25-14-9-7-10-15-25)32(39)42-23-29(33(40)41-22-26-16-11-8-12-17-26)35-31(38)27(13-5-2)20-30(37)34-24(3)21-36/h4-5,7-12,14-17,24,27-29,36H,1-2,6,13,18-23H2,3H3,(H,34,37)(H,35,38)/t24-,27-,28-,29-/m1/s1. The number of ether oxygens (including phenoxy) is 2. The van der Waals surface area contributed by atoms with Gasteiger partial charge in [-0.3, -0.25) is 14.4 Å². The Morgan fingerprint density at radius 3 is 2.10 bits per heavy atom. The predicted octanol–water partition coefficient (Wildman–Crippen LogP) is 3.66. The van der Waals surface area contributed by atoms with E-state index in [-0.39, 0.29) is 26.1 Å². The van der Waals surface area contributed by atoms with Crippen LogP contribution in [0.1, 0.15) is 43.7 Å². The van der Waals surface area contributed by atoms with E-state index in [4.69, 9.17) is 9.47 Å². The zero-order valence-corrected chi connectivity index (χ0v) is 24.2. The van der Waals surface area contributed by atoms with Crippen molar-refractivity contribution in [3.05, 3.63) is 97.1 Å². The molecule has 0 saturated heterocycles. The molecule has 0 spiro atoms. The first-order chi connectivity index (χ1) is 20.3. The molecular formula is C33H42N2O7. The number of nitrogens with one attached hydrogen (secondary N) is 2. The maximum atomic E-state index is 13.2. The monoisotopic (exact) mass is 578 g/mol. The number of carbonyl (C=O) groups is 4. The first-order valence-corrected chi connectivity index (χ1v) is 14.1. The molecule has 4 atom stereocenters. The topological polar surface area (TPSA) is 131 Å². The van der Waals surface area contributed by atoms with Gasteiger partial charge in [-0.15, -0.1) is 13.2 Å². The van der Waals surface area contributed by atoms with Crippen LogP contribution in [0.4, 0.5) is 0 Å². The summed E-state index contributed by atoms with van der Waals surface area (Å²) < 4.78 is 11.0. The molecule has 0 radical (unpaired) electrons. The lowest BCUT2D eigenvalue weighted by molar-refractivity contribution is -0.157. The van der Waals surface area contributed by atoms with Gasteiger partial charge in [0.25, 0.3) is 0 Å². The molecule has 0 aliphatic carbocycles. The van der Waals surface area contributed by atoms with Crippen LogP contribution >= 0.6 is 0 Å². The minimum atomic E-state index is -1.30. The van der Waals surface area contributed by atoms with E-state index >= 15 is 0 Å². The minimum Gasteiger partial charge on any atom is -0.463 e. The van der Waals surface area contributed by atoms with Gasteiger partial charge in [-0.25, -0.2) is 4.79 Å². The van der Waals surface area contributed by atoms with Crippen LogP contribution in [-0.2, 0) is 41.7 Å². The van der Waals surface area contributed by atoms with E-state index in [0.29, 0.717) is 19.3 Å². The number of carbonyl (C=O) groups excluding carboxylic acids is 4. The Bertz CT molecular complexity index is 1150. The van der Waals surface area contributed by atoms with E-state index in [1.807, 2.05) is 48.5 Å². The average molecular weight is 579 g/mol. The normalized spacial score (nSPS) is 13.5. The van der Waals surface area contributed by atoms with Gasteiger partial charge in [0.2, 0.25) is 11.8 Å². The smallest absolute Gasteiger partial charge is 0.332 e. The van der Waals surface area contributed by atoms with Crippen molar-refractivity contribution in [2.45, 2.75) is 57.7 Å². The number of hydrogen-bond acceptors (Lipinski definition) is 7. The number of rotatable bonds is 19. The van der Waals surface area contributed by atoms with Crippen molar-refractivity contribution in [3.63, 3.8) is 0 Å². The molecule has 0 fully saturated rings. The Labute approximate surface area is 248 Å². The van der Waals surface area contributed by atoms with Crippen LogP contribution in [0.25, 0.3) is 0 Å². The molecule has 42 heavy (non-hydrogen) atoms. The number of aliphatic hydroxyl groups excluding tert-OH is 1. The second kappa shape index (κ2) is 19.0. The van der Waals surface area contributed by atoms with E-state index in [0.717, 1.165) is 11.1 Å². The lowest BCUT2D eigenvalue weighted by atomic mass is 9.95. The highest BCUT2D eigenvalue weighted by Crippen LogP contribution is 2.17. The van der Waals surface area contributed by atoms with Crippen LogP contribution in [0, 0.1) is 11.8 Å². The summed E-state index contributed by atoms with van der Waals surface area (Å²) in [6, 6.07) is 16.8. The quantitative estimate of drug-likeness (QED) is 0.171. The third kappa shape index (κ3) is 12.5. The Hall–Kier alpha value is -4.24. The highest BCUT2D eigenvalue weighted by molar-refractivity contribution is 5.89. The van der Waals surface area contributed by atoms with Crippen molar-refractivity contribution < 1.29 is 33.8 Å². The second-order valence-electron chi connectivity index (χ2n) is 10.1. The number of benzene rings is 2. The van der Waals surface area contributed by atoms with Gasteiger partial charge in [0.1, 0.15) is 13.2 Å². The SMILES string of the molecule is C=CCC[C@H](Cc1ccccc1)C(=O)OC[C@@H](NC(=O)[C@H](CC=C)CC(=O)N[C@H](C)CO)C(=O)OCc1ccccc1. The van der Waals surface area contributed by atoms with Crippen molar-refractivity contribution in [1.82, 2.24) is 10.6 Å². The second-order valence-corrected chi connectivity index (χ2v) is 10.1. The molecule has 2 rings (SSSR count). The molecule has 2 aromatic rings. The van der Waals surface area contributed by atoms with Crippen LogP contribution < -0.4 is 10.6 Å². The van der Waals surface area contributed by atoms with Crippen molar-refractivity contribution in [2.75, 3.05) is 13.2 Å². The molecule has 3 N–H and O–H groups in total. The third-order valence-corrected chi connectivity index (χ3v) is 6.53. The summed E-state index contributed by atoms with van der Waals surface area (Å²) in [7, 11) is 0. The van der Waals surface area contributed by atoms with E-state index in [1.54, 1.807) is 25.1 Å². The first-order valence-electron chi connectivity index (χ1n) is 14.1. The number of amides is 2. The van der Waals surface area contributed by atoms with Crippen LogP contribution in [-0.4, -0.2) is 54.2 Å². The predicted molar refractivity (Wildman–Crippen MR) is 160 cm³/mol. The molecule has 9 nitrogen and oxygen atoms in total. The lowest BCUT2D eigenvalue weighted by Crippen LogP contribution is -2.48. The van der Waals surface area contributed by atoms with Gasteiger partial charge < -0.3 is 25.2 Å². The first kappa shape index (κ1) is 34.0. The van der Waals surface area contributed by atoms with Gasteiger partial charge in [0.15, 0.2) is 6.04 Å². The van der Waals surface area contributed by atoms with Gasteiger partial charge in [-0.05, 0) is 43.7 Å². The van der Waals surface area contributed by atoms with Crippen LogP contribution in [0.5, 0.6) is 0 Å². The molecule has 2 amide bonds. The highest BCUT2D eigenvalue weighted by atomic mass is 16.6. The van der Waals surface area contributed by atoms with E-state index in [1.165, 1.54) is 6.08 Å². The van der Waals surface area contributed by atoms with Crippen LogP contribution in [0.15, 0.2) is 86.0 Å². The zero-order valence-electron chi connectivity index (χ0n) is 24.2. The molecule has 0 aliphatic heterocycles. The third-order valence-electron chi connectivity index (χ3n) is 6.53. The summed E-state index contributed by atoms with van der Waals surface area (Å²) in [4.78, 5) is 51.9. The Kier molecular flexibility index (Phi) is 15.4. The Morgan fingerprint density at radius 2 is 1.50 bits per heavy atom. The molecular weight excluding hydrogens is 536 g/mol. The fourth-order valence-corrected chi connectivity index (χ4v) is 4.18. The molecule has 0 bridgehead atoms. The average Bonchev–Trinajstić information content (AvgIpc) is 3.00. The molecule has 2 aromatic carbocycles. The largest absolute Gasteiger partial charge is 0.463 e. The fourth-order valence-electron chi connectivity index (χ4n) is 4.18. The number of hydrogen-bond donors (Lipinski definition) is 3. The fraction of sp³-hybridized carbons (Fsp3) is 0.394. The van der Waals surface area contributed by atoms with Crippen molar-refractivity contribution in [2.24, 2.45) is 11.8 Å². The number of esters is 2. The lowest BCUT2D eigenvalue weighted by Gasteiger charge is -2.23. The summed E-state index contributed by atoms with van der Waals surface area (Å²) in [5, 5.41) is 14.4. The number of allylic oxidation sites excluding steroid dienone is 2. The van der Waals surface area contributed by atoms with Gasteiger partial charge in [-0.2, -0.15) is 0 Å². The van der Waals surface area contributed by atoms with Crippen LogP contribution in [0.2, 0.25) is 0 Å². The maximum absolute atomic E-state index is 13.2. The molecule has 0 saturated carbocycles. The van der Waals surface area contributed by atoms with Gasteiger partial charge >= 0.3 is 11.9 Å². The van der Waals surface area contributed by atoms with E-state index in [2.05, 4.69) is 23.8 Å². The summed E-state index contributed by atoms with van der Waals surface area (Å²) in [5.74, 6) is -3.62. The Balaban J connectivity index is 2.15. The molecule has 0 unspecified atom stereocenters. The summed E-state index contributed by atoms with van der Waals surface area (Å²) >= 11 is 0. The summed E-state index contributed by atoms with van der Waals surface area (Å²) in [6.07, 6.45) is 4.77. The van der Waals surface area contributed by atoms with Gasteiger partial charge in [0.05, 0.1) is 18.4 Å².